The number of nitriles is 1. The van der Waals surface area contributed by atoms with Crippen molar-refractivity contribution < 1.29 is 9.90 Å². The van der Waals surface area contributed by atoms with Crippen LogP contribution in [0.25, 0.3) is 10.9 Å². The molecule has 3 rings (SSSR count). The van der Waals surface area contributed by atoms with Crippen molar-refractivity contribution in [3.05, 3.63) is 48.3 Å². The van der Waals surface area contributed by atoms with E-state index >= 15 is 0 Å². The third-order valence-electron chi connectivity index (χ3n) is 3.65. The molecule has 0 unspecified atom stereocenters. The minimum atomic E-state index is -1.03. The molecular formula is C16H13N5O2. The van der Waals surface area contributed by atoms with Gasteiger partial charge in [-0.1, -0.05) is 0 Å². The van der Waals surface area contributed by atoms with Gasteiger partial charge in [0, 0.05) is 36.6 Å². The van der Waals surface area contributed by atoms with Crippen LogP contribution in [-0.2, 0) is 0 Å². The van der Waals surface area contributed by atoms with Gasteiger partial charge in [-0.3, -0.25) is 4.57 Å². The highest BCUT2D eigenvalue weighted by molar-refractivity contribution is 5.91. The Morgan fingerprint density at radius 2 is 2.17 bits per heavy atom. The summed E-state index contributed by atoms with van der Waals surface area (Å²) in [6.45, 7) is 0. The molecule has 1 aromatic carbocycles. The van der Waals surface area contributed by atoms with Crippen LogP contribution in [0.3, 0.4) is 0 Å². The molecule has 0 amide bonds. The molecule has 0 aliphatic rings. The molecule has 0 bridgehead atoms. The lowest BCUT2D eigenvalue weighted by atomic mass is 10.1. The van der Waals surface area contributed by atoms with Gasteiger partial charge in [0.05, 0.1) is 16.8 Å². The van der Waals surface area contributed by atoms with Crippen molar-refractivity contribution in [1.82, 2.24) is 9.55 Å². The van der Waals surface area contributed by atoms with E-state index in [0.717, 1.165) is 15.6 Å². The van der Waals surface area contributed by atoms with Crippen LogP contribution in [-0.4, -0.2) is 27.8 Å². The maximum Gasteiger partial charge on any atom is 0.415 e. The Kier molecular flexibility index (Phi) is 3.35. The maximum absolute atomic E-state index is 11.1. The quantitative estimate of drug-likeness (QED) is 0.753. The third-order valence-corrected chi connectivity index (χ3v) is 3.65. The van der Waals surface area contributed by atoms with Crippen molar-refractivity contribution in [1.29, 1.82) is 5.26 Å². The van der Waals surface area contributed by atoms with Gasteiger partial charge in [0.15, 0.2) is 0 Å². The molecule has 114 valence electrons. The van der Waals surface area contributed by atoms with E-state index in [-0.39, 0.29) is 0 Å². The second kappa shape index (κ2) is 5.35. The highest BCUT2D eigenvalue weighted by atomic mass is 16.4. The number of carboxylic acid groups (broad SMARTS) is 1. The predicted octanol–water partition coefficient (Wildman–Crippen LogP) is 2.78. The van der Waals surface area contributed by atoms with Gasteiger partial charge in [0.2, 0.25) is 0 Å². The molecule has 0 aliphatic heterocycles. The Labute approximate surface area is 131 Å². The summed E-state index contributed by atoms with van der Waals surface area (Å²) in [6.07, 6.45) is 1.90. The van der Waals surface area contributed by atoms with Crippen LogP contribution in [0.15, 0.2) is 42.7 Å². The average molecular weight is 307 g/mol. The monoisotopic (exact) mass is 307 g/mol. The summed E-state index contributed by atoms with van der Waals surface area (Å²) in [4.78, 5) is 16.9. The molecule has 23 heavy (non-hydrogen) atoms. The van der Waals surface area contributed by atoms with Gasteiger partial charge in [-0.05, 0) is 24.3 Å². The van der Waals surface area contributed by atoms with E-state index < -0.39 is 6.09 Å². The number of nitrogens with two attached hydrogens (primary N) is 1. The molecule has 0 atom stereocenters. The highest BCUT2D eigenvalue weighted by Gasteiger charge is 2.13. The summed E-state index contributed by atoms with van der Waals surface area (Å²) in [5.41, 5.74) is 8.16. The van der Waals surface area contributed by atoms with Crippen molar-refractivity contribution in [2.24, 2.45) is 0 Å². The number of rotatable bonds is 2. The zero-order chi connectivity index (χ0) is 16.6. The number of pyridine rings is 1. The number of benzene rings is 1. The van der Waals surface area contributed by atoms with Gasteiger partial charge in [0.25, 0.3) is 0 Å². The molecule has 2 aromatic heterocycles. The average Bonchev–Trinajstić information content (AvgIpc) is 2.97. The summed E-state index contributed by atoms with van der Waals surface area (Å²) >= 11 is 0. The Balaban J connectivity index is 2.08. The highest BCUT2D eigenvalue weighted by Crippen LogP contribution is 2.30. The Hall–Kier alpha value is -3.53. The number of hydrogen-bond donors (Lipinski definition) is 2. The molecule has 0 fully saturated rings. The molecule has 0 spiro atoms. The van der Waals surface area contributed by atoms with Crippen molar-refractivity contribution in [2.45, 2.75) is 0 Å². The van der Waals surface area contributed by atoms with Crippen LogP contribution in [0.5, 0.6) is 0 Å². The molecular weight excluding hydrogens is 294 g/mol. The first-order chi connectivity index (χ1) is 11.0. The smallest absolute Gasteiger partial charge is 0.415 e. The van der Waals surface area contributed by atoms with E-state index in [9.17, 15) is 10.1 Å². The first-order valence-corrected chi connectivity index (χ1v) is 6.75. The Morgan fingerprint density at radius 3 is 2.87 bits per heavy atom. The van der Waals surface area contributed by atoms with Gasteiger partial charge < -0.3 is 15.7 Å². The lowest BCUT2D eigenvalue weighted by Gasteiger charge is -2.21. The lowest BCUT2D eigenvalue weighted by molar-refractivity contribution is 0.197. The fourth-order valence-electron chi connectivity index (χ4n) is 2.47. The van der Waals surface area contributed by atoms with Crippen molar-refractivity contribution in [3.8, 4) is 6.07 Å². The van der Waals surface area contributed by atoms with Crippen LogP contribution in [0.2, 0.25) is 0 Å². The summed E-state index contributed by atoms with van der Waals surface area (Å²) in [5.74, 6) is 0.323. The second-order valence-corrected chi connectivity index (χ2v) is 5.01. The van der Waals surface area contributed by atoms with E-state index in [4.69, 9.17) is 10.8 Å². The Morgan fingerprint density at radius 1 is 1.39 bits per heavy atom. The maximum atomic E-state index is 11.1. The van der Waals surface area contributed by atoms with Crippen LogP contribution in [0, 0.1) is 11.3 Å². The third kappa shape index (κ3) is 2.42. The number of hydrogen-bond acceptors (Lipinski definition) is 5. The van der Waals surface area contributed by atoms with Gasteiger partial charge in [0.1, 0.15) is 11.9 Å². The van der Waals surface area contributed by atoms with Crippen LogP contribution in [0.4, 0.5) is 22.0 Å². The summed E-state index contributed by atoms with van der Waals surface area (Å²) in [6, 6.07) is 10.8. The standard InChI is InChI=1S/C16H13N5O2/c1-20(14-7-15(18)19-9-11(14)8-17)12-2-3-13-10(6-12)4-5-21(13)16(22)23/h2-7,9H,1H3,(H2,18,19)(H,22,23). The number of nitrogen functional groups attached to an aromatic ring is 1. The molecule has 2 heterocycles. The van der Waals surface area contributed by atoms with Gasteiger partial charge in [-0.15, -0.1) is 0 Å². The fourth-order valence-corrected chi connectivity index (χ4v) is 2.47. The Bertz CT molecular complexity index is 955. The number of carbonyl (C=O) groups is 1. The molecule has 3 aromatic rings. The molecule has 7 heteroatoms. The van der Waals surface area contributed by atoms with E-state index in [0.29, 0.717) is 22.6 Å². The minimum absolute atomic E-state index is 0.323. The minimum Gasteiger partial charge on any atom is -0.464 e. The van der Waals surface area contributed by atoms with Crippen LogP contribution < -0.4 is 10.6 Å². The van der Waals surface area contributed by atoms with Crippen molar-refractivity contribution >= 4 is 34.2 Å². The molecule has 0 saturated heterocycles. The fraction of sp³-hybridized carbons (Fsp3) is 0.0625. The van der Waals surface area contributed by atoms with Gasteiger partial charge in [-0.25, -0.2) is 9.78 Å². The van der Waals surface area contributed by atoms with Crippen molar-refractivity contribution in [3.63, 3.8) is 0 Å². The molecule has 7 nitrogen and oxygen atoms in total. The lowest BCUT2D eigenvalue weighted by Crippen LogP contribution is -2.12. The topological polar surface area (TPSA) is 108 Å². The number of fused-ring (bicyclic) bond motifs is 1. The van der Waals surface area contributed by atoms with Crippen molar-refractivity contribution in [2.75, 3.05) is 17.7 Å². The zero-order valence-electron chi connectivity index (χ0n) is 12.3. The molecule has 0 saturated carbocycles. The van der Waals surface area contributed by atoms with E-state index in [2.05, 4.69) is 11.1 Å². The number of nitrogens with zero attached hydrogens (tertiary/aromatic N) is 4. The predicted molar refractivity (Wildman–Crippen MR) is 86.8 cm³/mol. The summed E-state index contributed by atoms with van der Waals surface area (Å²) < 4.78 is 1.16. The van der Waals surface area contributed by atoms with E-state index in [1.54, 1.807) is 24.3 Å². The normalized spacial score (nSPS) is 10.4. The van der Waals surface area contributed by atoms with E-state index in [1.165, 1.54) is 12.4 Å². The zero-order valence-corrected chi connectivity index (χ0v) is 12.3. The van der Waals surface area contributed by atoms with E-state index in [1.807, 2.05) is 18.0 Å². The molecule has 3 N–H and O–H groups in total. The molecule has 0 radical (unpaired) electrons. The number of aromatic nitrogens is 2. The van der Waals surface area contributed by atoms with Gasteiger partial charge >= 0.3 is 6.09 Å². The summed E-state index contributed by atoms with van der Waals surface area (Å²) in [7, 11) is 1.81. The SMILES string of the molecule is CN(c1ccc2c(ccn2C(=O)O)c1)c1cc(N)ncc1C#N. The molecule has 0 aliphatic carbocycles. The van der Waals surface area contributed by atoms with Gasteiger partial charge in [-0.2, -0.15) is 5.26 Å². The first kappa shape index (κ1) is 14.4. The number of anilines is 3. The largest absolute Gasteiger partial charge is 0.464 e. The first-order valence-electron chi connectivity index (χ1n) is 6.75. The second-order valence-electron chi connectivity index (χ2n) is 5.01. The van der Waals surface area contributed by atoms with Crippen LogP contribution >= 0.6 is 0 Å². The van der Waals surface area contributed by atoms with Crippen LogP contribution in [0.1, 0.15) is 5.56 Å². The summed E-state index contributed by atoms with van der Waals surface area (Å²) in [5, 5.41) is 19.1.